The zero-order valence-corrected chi connectivity index (χ0v) is 23.2. The van der Waals surface area contributed by atoms with E-state index >= 15 is 0 Å². The maximum absolute atomic E-state index is 12.8. The second-order valence-corrected chi connectivity index (χ2v) is 10.1. The van der Waals surface area contributed by atoms with Gasteiger partial charge in [0.25, 0.3) is 0 Å². The highest BCUT2D eigenvalue weighted by molar-refractivity contribution is 9.10. The van der Waals surface area contributed by atoms with Crippen molar-refractivity contribution in [2.24, 2.45) is 11.7 Å². The van der Waals surface area contributed by atoms with Crippen LogP contribution in [0.15, 0.2) is 53.0 Å². The number of rotatable bonds is 15. The van der Waals surface area contributed by atoms with Crippen LogP contribution in [0.1, 0.15) is 57.1 Å². The minimum Gasteiger partial charge on any atom is -0.429 e. The number of carbonyl (C=O) groups is 3. The fourth-order valence-corrected chi connectivity index (χ4v) is 3.90. The number of amides is 2. The Labute approximate surface area is 227 Å². The van der Waals surface area contributed by atoms with Crippen LogP contribution in [0.2, 0.25) is 0 Å². The molecular formula is C28H38BrN3O5. The van der Waals surface area contributed by atoms with Gasteiger partial charge in [0.15, 0.2) is 0 Å². The number of unbranched alkanes of at least 4 members (excludes halogenated alkanes) is 2. The fraction of sp³-hybridized carbons (Fsp3) is 0.464. The van der Waals surface area contributed by atoms with Crippen LogP contribution in [-0.4, -0.2) is 37.1 Å². The van der Waals surface area contributed by atoms with Gasteiger partial charge in [0.05, 0.1) is 0 Å². The number of hydrogen-bond acceptors (Lipinski definition) is 6. The van der Waals surface area contributed by atoms with Gasteiger partial charge in [0.1, 0.15) is 18.4 Å². The van der Waals surface area contributed by atoms with Crippen molar-refractivity contribution < 1.29 is 23.9 Å². The maximum Gasteiger partial charge on any atom is 0.514 e. The minimum atomic E-state index is -0.812. The Morgan fingerprint density at radius 2 is 1.73 bits per heavy atom. The van der Waals surface area contributed by atoms with E-state index in [1.165, 1.54) is 0 Å². The van der Waals surface area contributed by atoms with Crippen molar-refractivity contribution in [2.75, 3.05) is 13.1 Å². The van der Waals surface area contributed by atoms with E-state index in [4.69, 9.17) is 15.2 Å². The van der Waals surface area contributed by atoms with E-state index in [1.54, 1.807) is 24.3 Å². The Morgan fingerprint density at radius 3 is 2.41 bits per heavy atom. The van der Waals surface area contributed by atoms with Gasteiger partial charge in [-0.1, -0.05) is 66.5 Å². The Morgan fingerprint density at radius 1 is 1.00 bits per heavy atom. The summed E-state index contributed by atoms with van der Waals surface area (Å²) in [5.41, 5.74) is 7.16. The molecule has 0 saturated heterocycles. The van der Waals surface area contributed by atoms with Crippen molar-refractivity contribution in [1.82, 2.24) is 10.6 Å². The minimum absolute atomic E-state index is 0.0812. The normalized spacial score (nSPS) is 11.6. The van der Waals surface area contributed by atoms with E-state index in [0.29, 0.717) is 37.6 Å². The van der Waals surface area contributed by atoms with E-state index in [2.05, 4.69) is 40.4 Å². The average molecular weight is 577 g/mol. The Hall–Kier alpha value is -2.91. The molecule has 202 valence electrons. The van der Waals surface area contributed by atoms with Gasteiger partial charge < -0.3 is 25.8 Å². The Balaban J connectivity index is 1.93. The molecule has 0 aromatic heterocycles. The Bertz CT molecular complexity index is 998. The molecule has 1 atom stereocenters. The molecule has 2 aromatic rings. The monoisotopic (exact) mass is 575 g/mol. The summed E-state index contributed by atoms with van der Waals surface area (Å²) in [5.74, 6) is 0.410. The van der Waals surface area contributed by atoms with Crippen molar-refractivity contribution in [3.8, 4) is 5.75 Å². The van der Waals surface area contributed by atoms with E-state index in [-0.39, 0.29) is 18.4 Å². The fourth-order valence-electron chi connectivity index (χ4n) is 3.50. The molecule has 0 aliphatic rings. The number of hydrogen-bond donors (Lipinski definition) is 3. The molecule has 0 heterocycles. The van der Waals surface area contributed by atoms with Gasteiger partial charge in [0, 0.05) is 29.4 Å². The van der Waals surface area contributed by atoms with Gasteiger partial charge in [-0.05, 0) is 55.5 Å². The lowest BCUT2D eigenvalue weighted by Gasteiger charge is -2.19. The molecule has 0 fully saturated rings. The molecule has 2 amide bonds. The highest BCUT2D eigenvalue weighted by Gasteiger charge is 2.21. The molecule has 4 N–H and O–H groups in total. The molecule has 2 rings (SSSR count). The van der Waals surface area contributed by atoms with Crippen LogP contribution in [-0.2, 0) is 27.4 Å². The van der Waals surface area contributed by atoms with E-state index in [9.17, 15) is 14.4 Å². The number of nitrogens with two attached hydrogens (primary N) is 1. The van der Waals surface area contributed by atoms with Crippen molar-refractivity contribution >= 4 is 33.9 Å². The first kappa shape index (κ1) is 30.3. The van der Waals surface area contributed by atoms with E-state index in [0.717, 1.165) is 41.3 Å². The molecule has 9 heteroatoms. The van der Waals surface area contributed by atoms with E-state index < -0.39 is 12.2 Å². The first-order chi connectivity index (χ1) is 17.8. The molecule has 0 spiro atoms. The lowest BCUT2D eigenvalue weighted by molar-refractivity contribution is -0.129. The third-order valence-electron chi connectivity index (χ3n) is 5.65. The molecule has 37 heavy (non-hydrogen) atoms. The number of nitrogens with one attached hydrogen (secondary N) is 2. The largest absolute Gasteiger partial charge is 0.514 e. The topological polar surface area (TPSA) is 120 Å². The van der Waals surface area contributed by atoms with Crippen LogP contribution in [0.5, 0.6) is 5.75 Å². The standard InChI is InChI=1S/C28H38BrN3O5/c1-20(2)15-17-31-27(34)25(32-26(33)10-4-3-7-16-30)18-21-11-13-23(14-12-21)37-28(35)36-19-22-8-5-6-9-24(22)29/h5-6,8-9,11-14,20,25H,3-4,7,10,15-19,30H2,1-2H3,(H,31,34)(H,32,33)/t25-/m0/s1. The predicted molar refractivity (Wildman–Crippen MR) is 147 cm³/mol. The highest BCUT2D eigenvalue weighted by atomic mass is 79.9. The van der Waals surface area contributed by atoms with Crippen molar-refractivity contribution in [1.29, 1.82) is 0 Å². The van der Waals surface area contributed by atoms with Gasteiger partial charge in [0.2, 0.25) is 11.8 Å². The summed E-state index contributed by atoms with van der Waals surface area (Å²) in [5, 5.41) is 5.80. The highest BCUT2D eigenvalue weighted by Crippen LogP contribution is 2.18. The molecule has 0 aliphatic carbocycles. The van der Waals surface area contributed by atoms with Gasteiger partial charge in [-0.2, -0.15) is 0 Å². The summed E-state index contributed by atoms with van der Waals surface area (Å²) in [6.07, 6.45) is 3.19. The van der Waals surface area contributed by atoms with Gasteiger partial charge >= 0.3 is 6.16 Å². The van der Waals surface area contributed by atoms with Crippen LogP contribution in [0.4, 0.5) is 4.79 Å². The molecule has 2 aromatic carbocycles. The van der Waals surface area contributed by atoms with Crippen LogP contribution < -0.4 is 21.1 Å². The summed E-state index contributed by atoms with van der Waals surface area (Å²) in [4.78, 5) is 37.4. The van der Waals surface area contributed by atoms with Crippen LogP contribution in [0.25, 0.3) is 0 Å². The predicted octanol–water partition coefficient (Wildman–Crippen LogP) is 4.87. The third-order valence-corrected chi connectivity index (χ3v) is 6.42. The van der Waals surface area contributed by atoms with Crippen LogP contribution in [0, 0.1) is 5.92 Å². The van der Waals surface area contributed by atoms with Gasteiger partial charge in [-0.3, -0.25) is 9.59 Å². The first-order valence-electron chi connectivity index (χ1n) is 12.7. The van der Waals surface area contributed by atoms with Crippen molar-refractivity contribution in [3.63, 3.8) is 0 Å². The summed E-state index contributed by atoms with van der Waals surface area (Å²) in [7, 11) is 0. The molecule has 0 saturated carbocycles. The number of benzene rings is 2. The average Bonchev–Trinajstić information content (AvgIpc) is 2.86. The smallest absolute Gasteiger partial charge is 0.429 e. The zero-order valence-electron chi connectivity index (χ0n) is 21.6. The second-order valence-electron chi connectivity index (χ2n) is 9.27. The van der Waals surface area contributed by atoms with Crippen molar-refractivity contribution in [3.05, 3.63) is 64.1 Å². The van der Waals surface area contributed by atoms with Crippen LogP contribution in [0.3, 0.4) is 0 Å². The third kappa shape index (κ3) is 12.3. The van der Waals surface area contributed by atoms with Gasteiger partial charge in [-0.25, -0.2) is 4.79 Å². The molecule has 0 radical (unpaired) electrons. The summed E-state index contributed by atoms with van der Waals surface area (Å²) in [6.45, 7) is 5.41. The van der Waals surface area contributed by atoms with Crippen molar-refractivity contribution in [2.45, 2.75) is 65.0 Å². The summed E-state index contributed by atoms with van der Waals surface area (Å²) < 4.78 is 11.3. The van der Waals surface area contributed by atoms with Crippen LogP contribution >= 0.6 is 15.9 Å². The Kier molecular flexibility index (Phi) is 13.7. The molecule has 0 aliphatic heterocycles. The molecular weight excluding hydrogens is 538 g/mol. The molecule has 8 nitrogen and oxygen atoms in total. The SMILES string of the molecule is CC(C)CCNC(=O)[C@H](Cc1ccc(OC(=O)OCc2ccccc2Br)cc1)NC(=O)CCCCCN. The summed E-state index contributed by atoms with van der Waals surface area (Å²) >= 11 is 3.41. The quantitative estimate of drug-likeness (QED) is 0.158. The molecule has 0 unspecified atom stereocenters. The number of halogens is 1. The first-order valence-corrected chi connectivity index (χ1v) is 13.5. The zero-order chi connectivity index (χ0) is 27.0. The summed E-state index contributed by atoms with van der Waals surface area (Å²) in [6, 6.07) is 13.5. The lowest BCUT2D eigenvalue weighted by atomic mass is 10.0. The number of ether oxygens (including phenoxy) is 2. The second kappa shape index (κ2) is 16.8. The van der Waals surface area contributed by atoms with E-state index in [1.807, 2.05) is 24.3 Å². The molecule has 0 bridgehead atoms. The maximum atomic E-state index is 12.8. The lowest BCUT2D eigenvalue weighted by Crippen LogP contribution is -2.48. The number of carbonyl (C=O) groups excluding carboxylic acids is 3. The van der Waals surface area contributed by atoms with Gasteiger partial charge in [-0.15, -0.1) is 0 Å².